The van der Waals surface area contributed by atoms with Crippen molar-refractivity contribution in [3.63, 3.8) is 0 Å². The molecule has 0 N–H and O–H groups in total. The van der Waals surface area contributed by atoms with Crippen molar-refractivity contribution in [3.8, 4) is 22.6 Å². The Morgan fingerprint density at radius 3 is 2.40 bits per heavy atom. The van der Waals surface area contributed by atoms with Crippen LogP contribution in [0, 0.1) is 0 Å². The first-order chi connectivity index (χ1) is 9.66. The average Bonchev–Trinajstić information content (AvgIpc) is 3.05. The van der Waals surface area contributed by atoms with E-state index >= 15 is 0 Å². The molecule has 0 bridgehead atoms. The van der Waals surface area contributed by atoms with Crippen molar-refractivity contribution in [2.45, 2.75) is 0 Å². The molecule has 0 amide bonds. The molecular weight excluding hydrogens is 276 g/mol. The van der Waals surface area contributed by atoms with Crippen LogP contribution < -0.4 is 4.90 Å². The van der Waals surface area contributed by atoms with E-state index < -0.39 is 0 Å². The fraction of sp³-hybridized carbons (Fsp3) is 0.133. The molecule has 0 spiro atoms. The molecule has 2 aromatic heterocycles. The van der Waals surface area contributed by atoms with Gasteiger partial charge in [0.2, 0.25) is 5.88 Å². The van der Waals surface area contributed by atoms with Gasteiger partial charge in [0.15, 0.2) is 16.7 Å². The molecule has 0 saturated carbocycles. The summed E-state index contributed by atoms with van der Waals surface area (Å²) in [6, 6.07) is 13.4. The van der Waals surface area contributed by atoms with Gasteiger partial charge in [-0.2, -0.15) is 0 Å². The van der Waals surface area contributed by atoms with Gasteiger partial charge in [-0.1, -0.05) is 35.5 Å². The number of anilines is 1. The maximum atomic E-state index is 5.84. The summed E-state index contributed by atoms with van der Waals surface area (Å²) in [5.74, 6) is 1.27. The highest BCUT2D eigenvalue weighted by molar-refractivity contribution is 6.29. The van der Waals surface area contributed by atoms with E-state index in [1.165, 1.54) is 0 Å². The maximum Gasteiger partial charge on any atom is 0.235 e. The van der Waals surface area contributed by atoms with E-state index in [1.807, 2.05) is 49.3 Å². The van der Waals surface area contributed by atoms with Gasteiger partial charge in [0.1, 0.15) is 0 Å². The van der Waals surface area contributed by atoms with Crippen LogP contribution in [0.4, 0.5) is 5.88 Å². The zero-order chi connectivity index (χ0) is 14.1. The van der Waals surface area contributed by atoms with Crippen LogP contribution in [0.1, 0.15) is 0 Å². The molecule has 0 aliphatic carbocycles. The molecule has 0 fully saturated rings. The third kappa shape index (κ3) is 2.18. The van der Waals surface area contributed by atoms with Crippen LogP contribution in [0.15, 0.2) is 51.4 Å². The van der Waals surface area contributed by atoms with Gasteiger partial charge in [-0.3, -0.25) is 0 Å². The summed E-state index contributed by atoms with van der Waals surface area (Å²) in [6.45, 7) is 0. The minimum atomic E-state index is 0.327. The van der Waals surface area contributed by atoms with Gasteiger partial charge >= 0.3 is 0 Å². The Morgan fingerprint density at radius 1 is 1.05 bits per heavy atom. The Bertz CT molecular complexity index is 717. The number of benzene rings is 1. The van der Waals surface area contributed by atoms with Crippen molar-refractivity contribution < 1.29 is 8.94 Å². The van der Waals surface area contributed by atoms with Crippen LogP contribution >= 0.6 is 11.6 Å². The number of rotatable bonds is 3. The average molecular weight is 289 g/mol. The lowest BCUT2D eigenvalue weighted by molar-refractivity contribution is 0.423. The molecular formula is C15H13ClN2O2. The Morgan fingerprint density at radius 2 is 1.80 bits per heavy atom. The van der Waals surface area contributed by atoms with Crippen LogP contribution in [0.2, 0.25) is 5.22 Å². The van der Waals surface area contributed by atoms with Gasteiger partial charge in [0.25, 0.3) is 0 Å². The highest BCUT2D eigenvalue weighted by Gasteiger charge is 2.22. The van der Waals surface area contributed by atoms with Gasteiger partial charge in [0, 0.05) is 14.1 Å². The normalized spacial score (nSPS) is 10.8. The van der Waals surface area contributed by atoms with E-state index in [-0.39, 0.29) is 0 Å². The predicted molar refractivity (Wildman–Crippen MR) is 79.0 cm³/mol. The summed E-state index contributed by atoms with van der Waals surface area (Å²) in [6.07, 6.45) is 0. The van der Waals surface area contributed by atoms with E-state index in [9.17, 15) is 0 Å². The molecule has 0 atom stereocenters. The Kier molecular flexibility index (Phi) is 3.24. The molecule has 0 unspecified atom stereocenters. The molecule has 4 nitrogen and oxygen atoms in total. The minimum Gasteiger partial charge on any atom is -0.443 e. The first-order valence-corrected chi connectivity index (χ1v) is 6.52. The highest BCUT2D eigenvalue weighted by atomic mass is 35.5. The lowest BCUT2D eigenvalue weighted by Gasteiger charge is -2.10. The summed E-state index contributed by atoms with van der Waals surface area (Å²) < 4.78 is 10.9. The first kappa shape index (κ1) is 12.8. The van der Waals surface area contributed by atoms with Crippen molar-refractivity contribution in [1.82, 2.24) is 5.16 Å². The van der Waals surface area contributed by atoms with E-state index in [1.54, 1.807) is 12.1 Å². The second kappa shape index (κ2) is 5.06. The number of nitrogens with zero attached hydrogens (tertiary/aromatic N) is 2. The largest absolute Gasteiger partial charge is 0.443 e. The second-order valence-corrected chi connectivity index (χ2v) is 4.95. The summed E-state index contributed by atoms with van der Waals surface area (Å²) in [4.78, 5) is 1.88. The Labute approximate surface area is 121 Å². The molecule has 3 aromatic rings. The second-order valence-electron chi connectivity index (χ2n) is 4.58. The lowest BCUT2D eigenvalue weighted by Crippen LogP contribution is -2.08. The van der Waals surface area contributed by atoms with Gasteiger partial charge in [-0.15, -0.1) is 0 Å². The number of aromatic nitrogens is 1. The number of halogens is 1. The zero-order valence-electron chi connectivity index (χ0n) is 11.1. The standard InChI is InChI=1S/C15H13ClN2O2/c1-18(2)15-13(10-6-4-3-5-7-10)14(17-20-15)11-8-9-12(16)19-11/h3-9H,1-2H3. The number of hydrogen-bond donors (Lipinski definition) is 0. The molecule has 0 radical (unpaired) electrons. The van der Waals surface area contributed by atoms with E-state index in [4.69, 9.17) is 20.5 Å². The molecule has 1 aromatic carbocycles. The van der Waals surface area contributed by atoms with Crippen LogP contribution in [0.5, 0.6) is 0 Å². The summed E-state index contributed by atoms with van der Waals surface area (Å²) in [5.41, 5.74) is 2.55. The van der Waals surface area contributed by atoms with Gasteiger partial charge in [0.05, 0.1) is 5.56 Å². The molecule has 20 heavy (non-hydrogen) atoms. The molecule has 5 heteroatoms. The fourth-order valence-corrected chi connectivity index (χ4v) is 2.21. The van der Waals surface area contributed by atoms with Gasteiger partial charge in [-0.25, -0.2) is 0 Å². The van der Waals surface area contributed by atoms with Crippen molar-refractivity contribution >= 4 is 17.5 Å². The van der Waals surface area contributed by atoms with Gasteiger partial charge < -0.3 is 13.8 Å². The number of hydrogen-bond acceptors (Lipinski definition) is 4. The number of furan rings is 1. The summed E-state index contributed by atoms with van der Waals surface area (Å²) >= 11 is 5.84. The first-order valence-electron chi connectivity index (χ1n) is 6.15. The summed E-state index contributed by atoms with van der Waals surface area (Å²) in [5, 5.41) is 4.46. The van der Waals surface area contributed by atoms with Crippen LogP contribution in [0.25, 0.3) is 22.6 Å². The van der Waals surface area contributed by atoms with Crippen molar-refractivity contribution in [3.05, 3.63) is 47.7 Å². The van der Waals surface area contributed by atoms with Crippen molar-refractivity contribution in [1.29, 1.82) is 0 Å². The van der Waals surface area contributed by atoms with Crippen LogP contribution in [-0.4, -0.2) is 19.3 Å². The Hall–Kier alpha value is -2.20. The molecule has 102 valence electrons. The van der Waals surface area contributed by atoms with E-state index in [0.29, 0.717) is 22.6 Å². The van der Waals surface area contributed by atoms with Crippen LogP contribution in [-0.2, 0) is 0 Å². The molecule has 0 saturated heterocycles. The third-order valence-electron chi connectivity index (χ3n) is 2.95. The highest BCUT2D eigenvalue weighted by Crippen LogP contribution is 2.39. The monoisotopic (exact) mass is 288 g/mol. The zero-order valence-corrected chi connectivity index (χ0v) is 11.9. The molecule has 2 heterocycles. The third-order valence-corrected chi connectivity index (χ3v) is 3.15. The minimum absolute atomic E-state index is 0.327. The summed E-state index contributed by atoms with van der Waals surface area (Å²) in [7, 11) is 3.82. The predicted octanol–water partition coefficient (Wildman–Crippen LogP) is 4.32. The smallest absolute Gasteiger partial charge is 0.235 e. The van der Waals surface area contributed by atoms with E-state index in [0.717, 1.165) is 11.1 Å². The van der Waals surface area contributed by atoms with E-state index in [2.05, 4.69) is 5.16 Å². The topological polar surface area (TPSA) is 42.4 Å². The van der Waals surface area contributed by atoms with Crippen molar-refractivity contribution in [2.75, 3.05) is 19.0 Å². The van der Waals surface area contributed by atoms with Crippen LogP contribution in [0.3, 0.4) is 0 Å². The van der Waals surface area contributed by atoms with Crippen molar-refractivity contribution in [2.24, 2.45) is 0 Å². The Balaban J connectivity index is 2.21. The molecule has 0 aliphatic heterocycles. The SMILES string of the molecule is CN(C)c1onc(-c2ccc(Cl)o2)c1-c1ccccc1. The maximum absolute atomic E-state index is 5.84. The van der Waals surface area contributed by atoms with Gasteiger partial charge in [-0.05, 0) is 29.3 Å². The fourth-order valence-electron chi connectivity index (χ4n) is 2.06. The molecule has 3 rings (SSSR count). The lowest BCUT2D eigenvalue weighted by atomic mass is 10.0. The quantitative estimate of drug-likeness (QED) is 0.720. The molecule has 0 aliphatic rings.